The van der Waals surface area contributed by atoms with Gasteiger partial charge in [-0.1, -0.05) is 12.1 Å². The minimum atomic E-state index is -0.369. The number of hydrogen-bond donors (Lipinski definition) is 2. The fourth-order valence-electron chi connectivity index (χ4n) is 2.63. The van der Waals surface area contributed by atoms with Crippen molar-refractivity contribution in [3.63, 3.8) is 0 Å². The van der Waals surface area contributed by atoms with E-state index in [1.165, 1.54) is 12.1 Å². The van der Waals surface area contributed by atoms with E-state index in [1.54, 1.807) is 56.8 Å². The molecule has 0 atom stereocenters. The lowest BCUT2D eigenvalue weighted by Crippen LogP contribution is -2.15. The van der Waals surface area contributed by atoms with Gasteiger partial charge in [0.15, 0.2) is 0 Å². The van der Waals surface area contributed by atoms with E-state index in [0.717, 1.165) is 11.4 Å². The predicted molar refractivity (Wildman–Crippen MR) is 106 cm³/mol. The number of benzene rings is 2. The molecule has 28 heavy (non-hydrogen) atoms. The van der Waals surface area contributed by atoms with Gasteiger partial charge in [-0.15, -0.1) is 0 Å². The summed E-state index contributed by atoms with van der Waals surface area (Å²) in [6.07, 6.45) is 1.66. The van der Waals surface area contributed by atoms with Crippen molar-refractivity contribution in [1.29, 1.82) is 0 Å². The number of carbonyl (C=O) groups is 1. The van der Waals surface area contributed by atoms with Crippen LogP contribution in [0.15, 0.2) is 60.8 Å². The molecule has 0 aliphatic heterocycles. The SMILES string of the molecule is COc1ccc(OC)c(Nc2ccc(NC(=O)Cc3cccc(F)c3)nc2)c1. The molecular formula is C21H20FN3O3. The monoisotopic (exact) mass is 381 g/mol. The molecule has 144 valence electrons. The molecule has 3 rings (SSSR count). The van der Waals surface area contributed by atoms with Crippen LogP contribution in [-0.2, 0) is 11.2 Å². The number of nitrogens with zero attached hydrogens (tertiary/aromatic N) is 1. The Balaban J connectivity index is 1.64. The fraction of sp³-hybridized carbons (Fsp3) is 0.143. The maximum Gasteiger partial charge on any atom is 0.229 e. The third-order valence-electron chi connectivity index (χ3n) is 3.97. The van der Waals surface area contributed by atoms with Gasteiger partial charge < -0.3 is 20.1 Å². The number of methoxy groups -OCH3 is 2. The van der Waals surface area contributed by atoms with Crippen LogP contribution in [0, 0.1) is 5.82 Å². The van der Waals surface area contributed by atoms with E-state index in [9.17, 15) is 9.18 Å². The first-order valence-corrected chi connectivity index (χ1v) is 8.57. The molecule has 2 aromatic carbocycles. The van der Waals surface area contributed by atoms with E-state index >= 15 is 0 Å². The second-order valence-corrected chi connectivity index (χ2v) is 5.98. The van der Waals surface area contributed by atoms with Crippen molar-refractivity contribution in [1.82, 2.24) is 4.98 Å². The van der Waals surface area contributed by atoms with Crippen LogP contribution in [0.1, 0.15) is 5.56 Å². The van der Waals surface area contributed by atoms with E-state index in [1.807, 2.05) is 6.07 Å². The summed E-state index contributed by atoms with van der Waals surface area (Å²) in [5.41, 5.74) is 2.04. The molecule has 0 unspecified atom stereocenters. The van der Waals surface area contributed by atoms with Crippen LogP contribution >= 0.6 is 0 Å². The molecule has 0 bridgehead atoms. The zero-order valence-corrected chi connectivity index (χ0v) is 15.5. The quantitative estimate of drug-likeness (QED) is 0.643. The van der Waals surface area contributed by atoms with Crippen LogP contribution in [0.5, 0.6) is 11.5 Å². The van der Waals surface area contributed by atoms with E-state index < -0.39 is 0 Å². The Labute approximate surface area is 162 Å². The molecule has 0 saturated heterocycles. The Morgan fingerprint density at radius 3 is 2.61 bits per heavy atom. The van der Waals surface area contributed by atoms with Crippen LogP contribution < -0.4 is 20.1 Å². The van der Waals surface area contributed by atoms with E-state index in [0.29, 0.717) is 22.9 Å². The fourth-order valence-corrected chi connectivity index (χ4v) is 2.63. The van der Waals surface area contributed by atoms with Crippen LogP contribution in [0.25, 0.3) is 0 Å². The Morgan fingerprint density at radius 2 is 1.93 bits per heavy atom. The van der Waals surface area contributed by atoms with Gasteiger partial charge >= 0.3 is 0 Å². The molecule has 1 amide bonds. The third kappa shape index (κ3) is 4.97. The van der Waals surface area contributed by atoms with Crippen LogP contribution in [0.4, 0.5) is 21.6 Å². The number of pyridine rings is 1. The molecule has 0 saturated carbocycles. The molecule has 1 aromatic heterocycles. The van der Waals surface area contributed by atoms with Crippen molar-refractivity contribution in [3.05, 3.63) is 72.2 Å². The number of rotatable bonds is 7. The molecule has 0 aliphatic rings. The molecule has 3 aromatic rings. The highest BCUT2D eigenvalue weighted by atomic mass is 19.1. The molecule has 0 aliphatic carbocycles. The number of anilines is 3. The van der Waals surface area contributed by atoms with Gasteiger partial charge in [0.25, 0.3) is 0 Å². The molecule has 6 nitrogen and oxygen atoms in total. The average Bonchev–Trinajstić information content (AvgIpc) is 2.69. The van der Waals surface area contributed by atoms with Crippen molar-refractivity contribution in [3.8, 4) is 11.5 Å². The summed E-state index contributed by atoms with van der Waals surface area (Å²) in [5, 5.41) is 5.90. The summed E-state index contributed by atoms with van der Waals surface area (Å²) in [5.74, 6) is 1.12. The molecule has 7 heteroatoms. The average molecular weight is 381 g/mol. The van der Waals surface area contributed by atoms with E-state index in [-0.39, 0.29) is 18.1 Å². The van der Waals surface area contributed by atoms with Crippen molar-refractivity contribution >= 4 is 23.1 Å². The topological polar surface area (TPSA) is 72.5 Å². The van der Waals surface area contributed by atoms with Crippen molar-refractivity contribution in [2.75, 3.05) is 24.9 Å². The summed E-state index contributed by atoms with van der Waals surface area (Å²) < 4.78 is 23.8. The van der Waals surface area contributed by atoms with Gasteiger partial charge in [0, 0.05) is 6.07 Å². The summed E-state index contributed by atoms with van der Waals surface area (Å²) >= 11 is 0. The first-order chi connectivity index (χ1) is 13.6. The Morgan fingerprint density at radius 1 is 1.07 bits per heavy atom. The summed E-state index contributed by atoms with van der Waals surface area (Å²) in [7, 11) is 3.18. The maximum absolute atomic E-state index is 13.2. The van der Waals surface area contributed by atoms with Crippen LogP contribution in [0.2, 0.25) is 0 Å². The van der Waals surface area contributed by atoms with Crippen LogP contribution in [-0.4, -0.2) is 25.1 Å². The predicted octanol–water partition coefficient (Wildman–Crippen LogP) is 4.16. The second-order valence-electron chi connectivity index (χ2n) is 5.98. The molecule has 1 heterocycles. The Kier molecular flexibility index (Phi) is 6.06. The highest BCUT2D eigenvalue weighted by Gasteiger charge is 2.08. The lowest BCUT2D eigenvalue weighted by atomic mass is 10.1. The number of carbonyl (C=O) groups excluding carboxylic acids is 1. The van der Waals surface area contributed by atoms with E-state index in [2.05, 4.69) is 15.6 Å². The van der Waals surface area contributed by atoms with Gasteiger partial charge in [-0.25, -0.2) is 9.37 Å². The number of halogens is 1. The van der Waals surface area contributed by atoms with Crippen molar-refractivity contribution < 1.29 is 18.7 Å². The van der Waals surface area contributed by atoms with E-state index in [4.69, 9.17) is 9.47 Å². The smallest absolute Gasteiger partial charge is 0.229 e. The third-order valence-corrected chi connectivity index (χ3v) is 3.97. The highest BCUT2D eigenvalue weighted by Crippen LogP contribution is 2.31. The largest absolute Gasteiger partial charge is 0.497 e. The normalized spacial score (nSPS) is 10.2. The number of aromatic nitrogens is 1. The number of nitrogens with one attached hydrogen (secondary N) is 2. The zero-order chi connectivity index (χ0) is 19.9. The summed E-state index contributed by atoms with van der Waals surface area (Å²) in [6.45, 7) is 0. The maximum atomic E-state index is 13.2. The summed E-state index contributed by atoms with van der Waals surface area (Å²) in [6, 6.07) is 14.8. The number of amides is 1. The van der Waals surface area contributed by atoms with Gasteiger partial charge in [-0.3, -0.25) is 4.79 Å². The Hall–Kier alpha value is -3.61. The summed E-state index contributed by atoms with van der Waals surface area (Å²) in [4.78, 5) is 16.3. The lowest BCUT2D eigenvalue weighted by molar-refractivity contribution is -0.115. The minimum absolute atomic E-state index is 0.0699. The number of hydrogen-bond acceptors (Lipinski definition) is 5. The van der Waals surface area contributed by atoms with Gasteiger partial charge in [-0.05, 0) is 42.0 Å². The second kappa shape index (κ2) is 8.85. The van der Waals surface area contributed by atoms with Gasteiger partial charge in [0.2, 0.25) is 5.91 Å². The Bertz CT molecular complexity index is 961. The molecule has 0 radical (unpaired) electrons. The molecule has 0 spiro atoms. The first-order valence-electron chi connectivity index (χ1n) is 8.57. The molecular weight excluding hydrogens is 361 g/mol. The molecule has 0 fully saturated rings. The van der Waals surface area contributed by atoms with Gasteiger partial charge in [0.1, 0.15) is 23.1 Å². The van der Waals surface area contributed by atoms with Gasteiger partial charge in [0.05, 0.1) is 38.2 Å². The number of ether oxygens (including phenoxy) is 2. The lowest BCUT2D eigenvalue weighted by Gasteiger charge is -2.13. The van der Waals surface area contributed by atoms with Gasteiger partial charge in [-0.2, -0.15) is 0 Å². The first kappa shape index (κ1) is 19.2. The zero-order valence-electron chi connectivity index (χ0n) is 15.5. The van der Waals surface area contributed by atoms with Crippen molar-refractivity contribution in [2.45, 2.75) is 6.42 Å². The van der Waals surface area contributed by atoms with Crippen LogP contribution in [0.3, 0.4) is 0 Å². The standard InChI is InChI=1S/C21H20FN3O3/c1-27-17-7-8-19(28-2)18(12-17)24-16-6-9-20(23-13-16)25-21(26)11-14-4-3-5-15(22)10-14/h3-10,12-13,24H,11H2,1-2H3,(H,23,25,26). The highest BCUT2D eigenvalue weighted by molar-refractivity contribution is 5.91. The van der Waals surface area contributed by atoms with Crippen molar-refractivity contribution in [2.24, 2.45) is 0 Å². The molecule has 2 N–H and O–H groups in total. The minimum Gasteiger partial charge on any atom is -0.497 e.